The Hall–Kier alpha value is -1.08. The zero-order valence-electron chi connectivity index (χ0n) is 11.2. The molecule has 0 amide bonds. The summed E-state index contributed by atoms with van der Waals surface area (Å²) < 4.78 is 5.95. The Morgan fingerprint density at radius 1 is 1.00 bits per heavy atom. The van der Waals surface area contributed by atoms with E-state index in [1.165, 1.54) is 57.9 Å². The number of hydrogen-bond donors (Lipinski definition) is 1. The van der Waals surface area contributed by atoms with Crippen LogP contribution in [-0.4, -0.2) is 25.3 Å². The van der Waals surface area contributed by atoms with Crippen molar-refractivity contribution in [3.63, 3.8) is 0 Å². The summed E-state index contributed by atoms with van der Waals surface area (Å²) in [5, 5.41) is 3.68. The van der Waals surface area contributed by atoms with Gasteiger partial charge in [0, 0.05) is 13.2 Å². The van der Waals surface area contributed by atoms with Crippen LogP contribution in [0.25, 0.3) is 0 Å². The fourth-order valence-electron chi connectivity index (χ4n) is 3.61. The number of ether oxygens (including phenoxy) is 1. The van der Waals surface area contributed by atoms with Gasteiger partial charge in [-0.25, -0.2) is 0 Å². The number of rotatable bonds is 3. The molecule has 1 N–H and O–H groups in total. The third-order valence-electron chi connectivity index (χ3n) is 4.86. The Morgan fingerprint density at radius 2 is 1.65 bits per heavy atom. The summed E-state index contributed by atoms with van der Waals surface area (Å²) in [7, 11) is 1.91. The van der Waals surface area contributed by atoms with Crippen LogP contribution < -0.4 is 5.32 Å². The molecule has 1 saturated carbocycles. The Kier molecular flexibility index (Phi) is 4.95. The van der Waals surface area contributed by atoms with Crippen LogP contribution in [0.15, 0.2) is 0 Å². The van der Waals surface area contributed by atoms with Gasteiger partial charge < -0.3 is 10.1 Å². The molecule has 0 unspecified atom stereocenters. The maximum absolute atomic E-state index is 5.95. The fourth-order valence-corrected chi connectivity index (χ4v) is 3.61. The van der Waals surface area contributed by atoms with Crippen LogP contribution in [0.4, 0.5) is 0 Å². The van der Waals surface area contributed by atoms with Gasteiger partial charge in [-0.1, -0.05) is 25.7 Å². The maximum atomic E-state index is 5.95. The molecule has 17 heavy (non-hydrogen) atoms. The molecule has 1 saturated heterocycles. The SMILES string of the molecule is CO[C@](C)(C1CCCCC1)[C@@H]1CCCCN1.[Lr]. The van der Waals surface area contributed by atoms with Crippen molar-refractivity contribution in [3.8, 4) is 0 Å². The molecule has 2 nitrogen and oxygen atoms in total. The standard InChI is InChI=1S/C14H27NO.Lr/c1-14(16-2,12-8-4-3-5-9-12)13-10-6-7-11-15-13;/h12-13,15H,3-11H2,1-2H3;/t13-,14+;/m0./s1. The molecule has 0 spiro atoms. The van der Waals surface area contributed by atoms with Crippen molar-refractivity contribution >= 4 is 0 Å². The van der Waals surface area contributed by atoms with Gasteiger partial charge in [-0.05, 0) is 45.1 Å². The number of hydrogen-bond acceptors (Lipinski definition) is 2. The molecular formula is C14H27LrNO. The van der Waals surface area contributed by atoms with Crippen molar-refractivity contribution in [3.05, 3.63) is 0 Å². The van der Waals surface area contributed by atoms with Crippen LogP contribution in [-0.2, 0) is 4.74 Å². The summed E-state index contributed by atoms with van der Waals surface area (Å²) in [6.07, 6.45) is 10.9. The second-order valence-electron chi connectivity index (χ2n) is 5.73. The molecule has 0 aromatic carbocycles. The van der Waals surface area contributed by atoms with Gasteiger partial charge in [0.15, 0.2) is 0 Å². The summed E-state index contributed by atoms with van der Waals surface area (Å²) in [5.41, 5.74) is 0.0703. The third-order valence-corrected chi connectivity index (χ3v) is 4.86. The van der Waals surface area contributed by atoms with E-state index < -0.39 is 0 Å². The van der Waals surface area contributed by atoms with Crippen LogP contribution >= 0.6 is 0 Å². The second-order valence-corrected chi connectivity index (χ2v) is 5.73. The number of piperidine rings is 1. The van der Waals surface area contributed by atoms with Crippen LogP contribution in [0.3, 0.4) is 0 Å². The van der Waals surface area contributed by atoms with Crippen molar-refractivity contribution in [2.75, 3.05) is 13.7 Å². The quantitative estimate of drug-likeness (QED) is 0.661. The van der Waals surface area contributed by atoms with Gasteiger partial charge in [-0.3, -0.25) is 0 Å². The third kappa shape index (κ3) is 2.78. The monoisotopic (exact) mass is 487 g/mol. The Balaban J connectivity index is 0.00000144. The van der Waals surface area contributed by atoms with Crippen molar-refractivity contribution in [1.29, 1.82) is 0 Å². The Morgan fingerprint density at radius 3 is 2.18 bits per heavy atom. The van der Waals surface area contributed by atoms with Crippen LogP contribution in [0.2, 0.25) is 0 Å². The molecule has 0 aromatic rings. The molecule has 3 heteroatoms. The Bertz CT molecular complexity index is 192. The van der Waals surface area contributed by atoms with Crippen molar-refractivity contribution in [2.24, 2.45) is 5.92 Å². The van der Waals surface area contributed by atoms with Crippen molar-refractivity contribution < 1.29 is 4.74 Å². The molecule has 2 fully saturated rings. The van der Waals surface area contributed by atoms with Gasteiger partial charge in [0.2, 0.25) is 0 Å². The molecule has 1 heterocycles. The minimum Gasteiger partial charge on any atom is -0.377 e. The molecule has 0 bridgehead atoms. The molecule has 1 aliphatic heterocycles. The van der Waals surface area contributed by atoms with Gasteiger partial charge in [-0.15, -0.1) is 0 Å². The summed E-state index contributed by atoms with van der Waals surface area (Å²) in [4.78, 5) is 0. The van der Waals surface area contributed by atoms with Gasteiger partial charge in [-0.2, -0.15) is 0 Å². The Labute approximate surface area is 100 Å². The molecule has 0 aromatic heterocycles. The molecule has 2 aliphatic rings. The first-order valence-electron chi connectivity index (χ1n) is 7.06. The summed E-state index contributed by atoms with van der Waals surface area (Å²) >= 11 is 0. The van der Waals surface area contributed by atoms with Crippen LogP contribution in [0.1, 0.15) is 58.3 Å². The van der Waals surface area contributed by atoms with Crippen LogP contribution in [0, 0.1) is 5.92 Å². The predicted octanol–water partition coefficient (Wildman–Crippen LogP) is 3.11. The first kappa shape index (κ1) is 14.0. The fraction of sp³-hybridized carbons (Fsp3) is 1.00. The van der Waals surface area contributed by atoms with E-state index in [1.54, 1.807) is 0 Å². The van der Waals surface area contributed by atoms with Gasteiger partial charge in [0.05, 0.1) is 5.60 Å². The van der Waals surface area contributed by atoms with E-state index in [0.29, 0.717) is 6.04 Å². The molecule has 1 aliphatic carbocycles. The second kappa shape index (κ2) is 6.02. The average molecular weight is 487 g/mol. The molecule has 2 rings (SSSR count). The van der Waals surface area contributed by atoms with Crippen LogP contribution in [0.5, 0.6) is 0 Å². The normalized spacial score (nSPS) is 30.4. The van der Waals surface area contributed by atoms with Crippen molar-refractivity contribution in [1.82, 2.24) is 5.32 Å². The average Bonchev–Trinajstić information content (AvgIpc) is 2.40. The topological polar surface area (TPSA) is 21.3 Å². The summed E-state index contributed by atoms with van der Waals surface area (Å²) in [6, 6.07) is 0.578. The van der Waals surface area contributed by atoms with E-state index in [9.17, 15) is 0 Å². The largest absolute Gasteiger partial charge is 0.377 e. The number of methoxy groups -OCH3 is 1. The number of nitrogens with one attached hydrogen (secondary N) is 1. The molecule has 109 valence electrons. The predicted molar refractivity (Wildman–Crippen MR) is 67.6 cm³/mol. The van der Waals surface area contributed by atoms with E-state index in [1.807, 2.05) is 7.11 Å². The first-order chi connectivity index (χ1) is 7.77. The van der Waals surface area contributed by atoms with E-state index in [4.69, 9.17) is 4.74 Å². The molecular weight excluding hydrogens is 460 g/mol. The smallest absolute Gasteiger partial charge is 0.0830 e. The minimum absolute atomic E-state index is 0. The zero-order valence-corrected chi connectivity index (χ0v) is 13.3. The van der Waals surface area contributed by atoms with Gasteiger partial charge in [0.25, 0.3) is 0 Å². The van der Waals surface area contributed by atoms with Gasteiger partial charge >= 0.3 is 0 Å². The van der Waals surface area contributed by atoms with E-state index in [0.717, 1.165) is 5.92 Å². The van der Waals surface area contributed by atoms with E-state index in [-0.39, 0.29) is 5.60 Å². The summed E-state index contributed by atoms with van der Waals surface area (Å²) in [5.74, 6) is 0.766. The first-order valence-corrected chi connectivity index (χ1v) is 7.06. The van der Waals surface area contributed by atoms with E-state index in [2.05, 4.69) is 12.2 Å². The summed E-state index contributed by atoms with van der Waals surface area (Å²) in [6.45, 7) is 3.52. The molecule has 2 atom stereocenters. The van der Waals surface area contributed by atoms with Gasteiger partial charge in [0.1, 0.15) is 0 Å². The molecule has 1 radical (unpaired) electrons. The minimum atomic E-state index is 0. The maximum Gasteiger partial charge on any atom is 0.0830 e. The zero-order chi connectivity index (χ0) is 11.4. The van der Waals surface area contributed by atoms with Crippen molar-refractivity contribution in [2.45, 2.75) is 69.9 Å². The van der Waals surface area contributed by atoms with E-state index >= 15 is 0 Å².